The molecule has 1 fully saturated rings. The van der Waals surface area contributed by atoms with Crippen molar-refractivity contribution in [3.05, 3.63) is 65.4 Å². The molecule has 1 aliphatic rings. The molecule has 4 rings (SSSR count). The largest absolute Gasteiger partial charge is 0.490 e. The molecule has 32 heavy (non-hydrogen) atoms. The van der Waals surface area contributed by atoms with E-state index in [-0.39, 0.29) is 17.9 Å². The summed E-state index contributed by atoms with van der Waals surface area (Å²) in [5.41, 5.74) is 4.36. The van der Waals surface area contributed by atoms with E-state index in [1.54, 1.807) is 0 Å². The Morgan fingerprint density at radius 1 is 1.16 bits per heavy atom. The minimum Gasteiger partial charge on any atom is -0.490 e. The van der Waals surface area contributed by atoms with Crippen molar-refractivity contribution in [2.45, 2.75) is 52.2 Å². The maximum absolute atomic E-state index is 13.3. The Bertz CT molecular complexity index is 1110. The average molecular weight is 434 g/mol. The molecule has 0 radical (unpaired) electrons. The van der Waals surface area contributed by atoms with Crippen LogP contribution in [0.25, 0.3) is 10.9 Å². The number of aryl methyl sites for hydroxylation is 2. The summed E-state index contributed by atoms with van der Waals surface area (Å²) in [5.74, 6) is 0.692. The highest BCUT2D eigenvalue weighted by Crippen LogP contribution is 2.25. The van der Waals surface area contributed by atoms with Crippen LogP contribution in [-0.2, 0) is 16.0 Å². The molecular formula is C26H31N3O3. The van der Waals surface area contributed by atoms with Gasteiger partial charge in [-0.1, -0.05) is 30.3 Å². The topological polar surface area (TPSA) is 74.4 Å². The van der Waals surface area contributed by atoms with Crippen LogP contribution in [0.1, 0.15) is 36.5 Å². The number of para-hydroxylation sites is 1. The Kier molecular flexibility index (Phi) is 6.49. The maximum atomic E-state index is 13.3. The van der Waals surface area contributed by atoms with Crippen LogP contribution in [-0.4, -0.2) is 46.9 Å². The highest BCUT2D eigenvalue weighted by Gasteiger charge is 2.30. The minimum absolute atomic E-state index is 0.0318. The van der Waals surface area contributed by atoms with Gasteiger partial charge in [0.2, 0.25) is 11.8 Å². The first-order valence-electron chi connectivity index (χ1n) is 11.3. The maximum Gasteiger partial charge on any atom is 0.245 e. The molecular weight excluding hydrogens is 402 g/mol. The molecule has 2 N–H and O–H groups in total. The van der Waals surface area contributed by atoms with Crippen molar-refractivity contribution in [1.29, 1.82) is 0 Å². The number of hydrogen-bond acceptors (Lipinski definition) is 3. The van der Waals surface area contributed by atoms with E-state index in [1.165, 1.54) is 12.5 Å². The lowest BCUT2D eigenvalue weighted by molar-refractivity contribution is -0.137. The van der Waals surface area contributed by atoms with Gasteiger partial charge in [0, 0.05) is 56.4 Å². The van der Waals surface area contributed by atoms with Gasteiger partial charge in [-0.3, -0.25) is 9.59 Å². The fourth-order valence-corrected chi connectivity index (χ4v) is 4.39. The molecule has 6 nitrogen and oxygen atoms in total. The van der Waals surface area contributed by atoms with E-state index in [0.717, 1.165) is 40.6 Å². The number of hydrogen-bond donors (Lipinski definition) is 2. The summed E-state index contributed by atoms with van der Waals surface area (Å²) in [5, 5.41) is 3.95. The Morgan fingerprint density at radius 3 is 2.66 bits per heavy atom. The van der Waals surface area contributed by atoms with E-state index in [2.05, 4.69) is 42.3 Å². The van der Waals surface area contributed by atoms with Crippen LogP contribution in [0, 0.1) is 13.8 Å². The van der Waals surface area contributed by atoms with Crippen LogP contribution in [0.4, 0.5) is 0 Å². The number of likely N-dealkylation sites (tertiary alicyclic amines) is 1. The molecule has 1 aromatic heterocycles. The van der Waals surface area contributed by atoms with Gasteiger partial charge in [-0.25, -0.2) is 0 Å². The number of nitrogens with zero attached hydrogens (tertiary/aromatic N) is 1. The monoisotopic (exact) mass is 433 g/mol. The first-order chi connectivity index (χ1) is 15.4. The van der Waals surface area contributed by atoms with E-state index in [4.69, 9.17) is 4.74 Å². The Labute approximate surface area is 188 Å². The van der Waals surface area contributed by atoms with Gasteiger partial charge in [0.15, 0.2) is 0 Å². The van der Waals surface area contributed by atoms with Crippen LogP contribution in [0.5, 0.6) is 5.75 Å². The zero-order valence-corrected chi connectivity index (χ0v) is 19.0. The van der Waals surface area contributed by atoms with E-state index in [9.17, 15) is 9.59 Å². The average Bonchev–Trinajstić information content (AvgIpc) is 3.18. The number of aromatic nitrogens is 1. The van der Waals surface area contributed by atoms with Gasteiger partial charge in [0.05, 0.1) is 0 Å². The molecule has 0 spiro atoms. The molecule has 168 valence electrons. The van der Waals surface area contributed by atoms with Crippen LogP contribution < -0.4 is 10.1 Å². The summed E-state index contributed by atoms with van der Waals surface area (Å²) in [6.45, 7) is 6.82. The highest BCUT2D eigenvalue weighted by molar-refractivity contribution is 5.89. The molecule has 2 heterocycles. The Morgan fingerprint density at radius 2 is 1.91 bits per heavy atom. The molecule has 1 unspecified atom stereocenters. The molecule has 6 heteroatoms. The van der Waals surface area contributed by atoms with Gasteiger partial charge in [0.25, 0.3) is 0 Å². The smallest absolute Gasteiger partial charge is 0.245 e. The Hall–Kier alpha value is -3.28. The molecule has 1 saturated heterocycles. The lowest BCUT2D eigenvalue weighted by Gasteiger charge is -2.34. The Balaban J connectivity index is 1.41. The van der Waals surface area contributed by atoms with Crippen LogP contribution in [0.3, 0.4) is 0 Å². The van der Waals surface area contributed by atoms with E-state index >= 15 is 0 Å². The highest BCUT2D eigenvalue weighted by atomic mass is 16.5. The predicted octanol–water partition coefficient (Wildman–Crippen LogP) is 3.90. The quantitative estimate of drug-likeness (QED) is 0.619. The van der Waals surface area contributed by atoms with Crippen molar-refractivity contribution in [3.8, 4) is 5.75 Å². The second-order valence-corrected chi connectivity index (χ2v) is 8.73. The number of rotatable bonds is 6. The molecule has 2 aromatic carbocycles. The van der Waals surface area contributed by atoms with Crippen molar-refractivity contribution >= 4 is 22.7 Å². The summed E-state index contributed by atoms with van der Waals surface area (Å²) in [6, 6.07) is 13.6. The van der Waals surface area contributed by atoms with Crippen LogP contribution in [0.2, 0.25) is 0 Å². The number of fused-ring (bicyclic) bond motifs is 1. The van der Waals surface area contributed by atoms with Crippen molar-refractivity contribution in [3.63, 3.8) is 0 Å². The third kappa shape index (κ3) is 4.96. The van der Waals surface area contributed by atoms with Gasteiger partial charge in [0.1, 0.15) is 17.9 Å². The normalized spacial score (nSPS) is 15.5. The van der Waals surface area contributed by atoms with Gasteiger partial charge in [-0.15, -0.1) is 0 Å². The third-order valence-electron chi connectivity index (χ3n) is 6.17. The molecule has 1 atom stereocenters. The van der Waals surface area contributed by atoms with Gasteiger partial charge in [-0.2, -0.15) is 0 Å². The minimum atomic E-state index is -0.580. The van der Waals surface area contributed by atoms with Gasteiger partial charge < -0.3 is 19.9 Å². The molecule has 3 aromatic rings. The number of nitrogens with one attached hydrogen (secondary N) is 2. The number of ether oxygens (including phenoxy) is 1. The number of amides is 2. The SMILES string of the molecule is CC(=O)NC(Cc1c[nH]c2ccccc12)C(=O)N1CCC(Oc2cc(C)ccc2C)CC1. The number of piperidine rings is 1. The fraction of sp³-hybridized carbons (Fsp3) is 0.385. The van der Waals surface area contributed by atoms with E-state index < -0.39 is 6.04 Å². The standard InChI is InChI=1S/C26H31N3O3/c1-17-8-9-18(2)25(14-17)32-21-10-12-29(13-11-21)26(31)24(28-19(3)30)15-20-16-27-23-7-5-4-6-22(20)23/h4-9,14,16,21,24,27H,10-13,15H2,1-3H3,(H,28,30). The third-order valence-corrected chi connectivity index (χ3v) is 6.17. The number of carbonyl (C=O) groups excluding carboxylic acids is 2. The summed E-state index contributed by atoms with van der Waals surface area (Å²) in [7, 11) is 0. The van der Waals surface area contributed by atoms with Crippen molar-refractivity contribution in [1.82, 2.24) is 15.2 Å². The van der Waals surface area contributed by atoms with E-state index in [0.29, 0.717) is 19.5 Å². The van der Waals surface area contributed by atoms with Gasteiger partial charge >= 0.3 is 0 Å². The zero-order chi connectivity index (χ0) is 22.7. The molecule has 0 saturated carbocycles. The fourth-order valence-electron chi connectivity index (χ4n) is 4.39. The first kappa shape index (κ1) is 21.9. The lowest BCUT2D eigenvalue weighted by atomic mass is 10.0. The van der Waals surface area contributed by atoms with Crippen molar-refractivity contribution in [2.75, 3.05) is 13.1 Å². The molecule has 0 bridgehead atoms. The lowest BCUT2D eigenvalue weighted by Crippen LogP contribution is -2.52. The summed E-state index contributed by atoms with van der Waals surface area (Å²) >= 11 is 0. The van der Waals surface area contributed by atoms with Crippen LogP contribution >= 0.6 is 0 Å². The summed E-state index contributed by atoms with van der Waals surface area (Å²) in [6.07, 6.45) is 4.03. The second-order valence-electron chi connectivity index (χ2n) is 8.73. The van der Waals surface area contributed by atoms with Crippen molar-refractivity contribution < 1.29 is 14.3 Å². The van der Waals surface area contributed by atoms with Crippen LogP contribution in [0.15, 0.2) is 48.7 Å². The number of H-pyrrole nitrogens is 1. The summed E-state index contributed by atoms with van der Waals surface area (Å²) < 4.78 is 6.24. The predicted molar refractivity (Wildman–Crippen MR) is 126 cm³/mol. The first-order valence-corrected chi connectivity index (χ1v) is 11.3. The zero-order valence-electron chi connectivity index (χ0n) is 19.0. The molecule has 1 aliphatic heterocycles. The second kappa shape index (κ2) is 9.47. The number of aromatic amines is 1. The van der Waals surface area contributed by atoms with Gasteiger partial charge in [-0.05, 0) is 42.7 Å². The number of benzene rings is 2. The van der Waals surface area contributed by atoms with E-state index in [1.807, 2.05) is 35.4 Å². The molecule has 0 aliphatic carbocycles. The molecule has 2 amide bonds. The van der Waals surface area contributed by atoms with Crippen molar-refractivity contribution in [2.24, 2.45) is 0 Å². The number of carbonyl (C=O) groups is 2. The summed E-state index contributed by atoms with van der Waals surface area (Å²) in [4.78, 5) is 30.3.